The van der Waals surface area contributed by atoms with E-state index in [1.165, 1.54) is 11.3 Å². The van der Waals surface area contributed by atoms with Crippen LogP contribution in [-0.2, 0) is 6.54 Å². The number of rotatable bonds is 3. The molecule has 0 saturated heterocycles. The maximum atomic E-state index is 12.9. The molecule has 2 heterocycles. The van der Waals surface area contributed by atoms with Crippen molar-refractivity contribution in [1.82, 2.24) is 14.3 Å². The molecule has 4 rings (SSSR count). The van der Waals surface area contributed by atoms with E-state index in [9.17, 15) is 4.79 Å². The van der Waals surface area contributed by atoms with Gasteiger partial charge in [-0.2, -0.15) is 10.1 Å². The van der Waals surface area contributed by atoms with Crippen LogP contribution < -0.4 is 4.80 Å². The number of fused-ring (bicyclic) bond motifs is 1. The number of hydrogen-bond donors (Lipinski definition) is 0. The molecule has 0 atom stereocenters. The average molecular weight is 386 g/mol. The Balaban J connectivity index is 1.80. The molecule has 0 bridgehead atoms. The van der Waals surface area contributed by atoms with Gasteiger partial charge in [-0.05, 0) is 43.7 Å². The molecule has 1 amide bonds. The molecular weight excluding hydrogens is 368 g/mol. The molecule has 0 radical (unpaired) electrons. The highest BCUT2D eigenvalue weighted by Gasteiger charge is 2.15. The van der Waals surface area contributed by atoms with Crippen LogP contribution in [0.1, 0.15) is 21.6 Å². The van der Waals surface area contributed by atoms with Crippen LogP contribution in [0.15, 0.2) is 59.7 Å². The number of nitrogens with zero attached hydrogens (tertiary/aromatic N) is 4. The van der Waals surface area contributed by atoms with Gasteiger partial charge < -0.3 is 4.57 Å². The van der Waals surface area contributed by atoms with E-state index < -0.39 is 0 Å². The number of thiazole rings is 1. The molecule has 2 aromatic heterocycles. The molecule has 2 aromatic carbocycles. The molecule has 0 aliphatic rings. The van der Waals surface area contributed by atoms with E-state index in [0.717, 1.165) is 27.2 Å². The van der Waals surface area contributed by atoms with E-state index in [-0.39, 0.29) is 5.91 Å². The largest absolute Gasteiger partial charge is 0.305 e. The smallest absolute Gasteiger partial charge is 0.283 e. The van der Waals surface area contributed by atoms with Crippen LogP contribution in [0, 0.1) is 26.2 Å². The molecule has 0 spiro atoms. The molecule has 138 valence electrons. The minimum Gasteiger partial charge on any atom is -0.305 e. The number of carbonyl (C=O) groups excluding carboxylic acids is 1. The number of para-hydroxylation sites is 1. The van der Waals surface area contributed by atoms with Gasteiger partial charge in [-0.1, -0.05) is 41.5 Å². The van der Waals surface area contributed by atoms with E-state index in [0.29, 0.717) is 16.9 Å². The second kappa shape index (κ2) is 7.29. The van der Waals surface area contributed by atoms with Gasteiger partial charge in [0.2, 0.25) is 0 Å². The van der Waals surface area contributed by atoms with Gasteiger partial charge in [0.1, 0.15) is 0 Å². The van der Waals surface area contributed by atoms with Crippen molar-refractivity contribution >= 4 is 27.5 Å². The van der Waals surface area contributed by atoms with Gasteiger partial charge in [-0.15, -0.1) is 6.42 Å². The first kappa shape index (κ1) is 18.0. The first-order valence-corrected chi connectivity index (χ1v) is 9.62. The quantitative estimate of drug-likeness (QED) is 0.502. The Kier molecular flexibility index (Phi) is 4.68. The molecule has 28 heavy (non-hydrogen) atoms. The normalized spacial score (nSPS) is 11.7. The molecule has 5 nitrogen and oxygen atoms in total. The fourth-order valence-electron chi connectivity index (χ4n) is 3.11. The Morgan fingerprint density at radius 1 is 1.21 bits per heavy atom. The Morgan fingerprint density at radius 2 is 2.00 bits per heavy atom. The molecule has 0 aliphatic carbocycles. The lowest BCUT2D eigenvalue weighted by molar-refractivity contribution is 0.0997. The highest BCUT2D eigenvalue weighted by atomic mass is 32.1. The van der Waals surface area contributed by atoms with Gasteiger partial charge in [0.05, 0.1) is 39.9 Å². The van der Waals surface area contributed by atoms with Gasteiger partial charge in [-0.25, -0.2) is 4.68 Å². The van der Waals surface area contributed by atoms with Gasteiger partial charge >= 0.3 is 0 Å². The molecule has 4 aromatic rings. The summed E-state index contributed by atoms with van der Waals surface area (Å²) in [6, 6.07) is 15.8. The summed E-state index contributed by atoms with van der Waals surface area (Å²) in [5.41, 5.74) is 4.26. The number of aryl methyl sites for hydroxylation is 1. The summed E-state index contributed by atoms with van der Waals surface area (Å²) in [6.45, 7) is 4.26. The number of carbonyl (C=O) groups is 1. The van der Waals surface area contributed by atoms with Crippen molar-refractivity contribution < 1.29 is 4.79 Å². The molecule has 0 saturated carbocycles. The van der Waals surface area contributed by atoms with Crippen LogP contribution >= 0.6 is 11.3 Å². The predicted octanol–water partition coefficient (Wildman–Crippen LogP) is 3.88. The Morgan fingerprint density at radius 3 is 2.75 bits per heavy atom. The monoisotopic (exact) mass is 386 g/mol. The molecule has 0 N–H and O–H groups in total. The van der Waals surface area contributed by atoms with Crippen LogP contribution in [0.25, 0.3) is 15.9 Å². The molecule has 6 heteroatoms. The van der Waals surface area contributed by atoms with Crippen molar-refractivity contribution in [3.05, 3.63) is 76.4 Å². The van der Waals surface area contributed by atoms with Crippen molar-refractivity contribution in [2.75, 3.05) is 0 Å². The first-order valence-electron chi connectivity index (χ1n) is 8.81. The van der Waals surface area contributed by atoms with Crippen LogP contribution in [0.5, 0.6) is 0 Å². The average Bonchev–Trinajstić information content (AvgIpc) is 3.23. The van der Waals surface area contributed by atoms with Crippen molar-refractivity contribution in [3.63, 3.8) is 0 Å². The summed E-state index contributed by atoms with van der Waals surface area (Å²) < 4.78 is 4.69. The molecular formula is C22H18N4OS. The number of benzene rings is 2. The summed E-state index contributed by atoms with van der Waals surface area (Å²) in [5, 5.41) is 4.36. The lowest BCUT2D eigenvalue weighted by Crippen LogP contribution is -2.16. The highest BCUT2D eigenvalue weighted by Crippen LogP contribution is 2.19. The predicted molar refractivity (Wildman–Crippen MR) is 112 cm³/mol. The maximum Gasteiger partial charge on any atom is 0.283 e. The zero-order valence-electron chi connectivity index (χ0n) is 15.6. The third kappa shape index (κ3) is 3.17. The van der Waals surface area contributed by atoms with Gasteiger partial charge in [-0.3, -0.25) is 4.79 Å². The lowest BCUT2D eigenvalue weighted by atomic mass is 10.2. The second-order valence-electron chi connectivity index (χ2n) is 6.45. The first-order chi connectivity index (χ1) is 13.6. The van der Waals surface area contributed by atoms with Crippen LogP contribution in [0.3, 0.4) is 0 Å². The summed E-state index contributed by atoms with van der Waals surface area (Å²) in [4.78, 5) is 17.9. The van der Waals surface area contributed by atoms with Crippen LogP contribution in [-0.4, -0.2) is 20.3 Å². The van der Waals surface area contributed by atoms with Gasteiger partial charge in [0.15, 0.2) is 4.80 Å². The summed E-state index contributed by atoms with van der Waals surface area (Å²) in [6.07, 6.45) is 7.10. The fraction of sp³-hybridized carbons (Fsp3) is 0.136. The minimum absolute atomic E-state index is 0.325. The summed E-state index contributed by atoms with van der Waals surface area (Å²) in [7, 11) is 0. The topological polar surface area (TPSA) is 52.2 Å². The molecule has 0 aliphatic heterocycles. The van der Waals surface area contributed by atoms with Gasteiger partial charge in [0.25, 0.3) is 5.91 Å². The van der Waals surface area contributed by atoms with Gasteiger partial charge in [0, 0.05) is 0 Å². The summed E-state index contributed by atoms with van der Waals surface area (Å²) >= 11 is 1.46. The number of terminal acetylenes is 1. The van der Waals surface area contributed by atoms with Crippen LogP contribution in [0.4, 0.5) is 0 Å². The molecule has 0 fully saturated rings. The number of aromatic nitrogens is 3. The van der Waals surface area contributed by atoms with Crippen molar-refractivity contribution in [1.29, 1.82) is 0 Å². The van der Waals surface area contributed by atoms with E-state index in [2.05, 4.69) is 22.1 Å². The number of amides is 1. The van der Waals surface area contributed by atoms with E-state index >= 15 is 0 Å². The SMILES string of the molecule is C#CCn1c(=NC(=O)c2cnn(-c3ccccc3)c2C)sc2cc(C)ccc21. The third-order valence-corrected chi connectivity index (χ3v) is 5.57. The van der Waals surface area contributed by atoms with E-state index in [4.69, 9.17) is 6.42 Å². The van der Waals surface area contributed by atoms with Crippen molar-refractivity contribution in [3.8, 4) is 18.0 Å². The number of hydrogen-bond acceptors (Lipinski definition) is 3. The Labute approximate surface area is 166 Å². The zero-order valence-corrected chi connectivity index (χ0v) is 16.4. The zero-order chi connectivity index (χ0) is 19.7. The van der Waals surface area contributed by atoms with Crippen LogP contribution in [0.2, 0.25) is 0 Å². The Bertz CT molecular complexity index is 1290. The maximum absolute atomic E-state index is 12.9. The molecule has 0 unspecified atom stereocenters. The van der Waals surface area contributed by atoms with Crippen molar-refractivity contribution in [2.45, 2.75) is 20.4 Å². The Hall–Kier alpha value is -3.43. The summed E-state index contributed by atoms with van der Waals surface area (Å²) in [5.74, 6) is 2.32. The lowest BCUT2D eigenvalue weighted by Gasteiger charge is -2.04. The van der Waals surface area contributed by atoms with E-state index in [1.807, 2.05) is 60.9 Å². The standard InChI is InChI=1S/C22H18N4OS/c1-4-12-25-19-11-10-15(2)13-20(19)28-22(25)24-21(27)18-14-23-26(16(18)3)17-8-6-5-7-9-17/h1,5-11,13-14H,12H2,2-3H3. The third-order valence-electron chi connectivity index (χ3n) is 4.53. The fourth-order valence-corrected chi connectivity index (χ4v) is 4.23. The second-order valence-corrected chi connectivity index (χ2v) is 7.46. The minimum atomic E-state index is -0.325. The van der Waals surface area contributed by atoms with E-state index in [1.54, 1.807) is 10.9 Å². The van der Waals surface area contributed by atoms with Crippen molar-refractivity contribution in [2.24, 2.45) is 4.99 Å². The highest BCUT2D eigenvalue weighted by molar-refractivity contribution is 7.16.